The lowest BCUT2D eigenvalue weighted by atomic mass is 10.3. The molecule has 2 nitrogen and oxygen atoms in total. The van der Waals surface area contributed by atoms with Crippen molar-refractivity contribution in [3.05, 3.63) is 45.7 Å². The molecule has 90 valence electrons. The molecule has 0 saturated carbocycles. The van der Waals surface area contributed by atoms with Gasteiger partial charge in [0.15, 0.2) is 0 Å². The van der Waals surface area contributed by atoms with Crippen LogP contribution >= 0.6 is 11.3 Å². The number of nitrogens with zero attached hydrogens (tertiary/aromatic N) is 1. The van der Waals surface area contributed by atoms with E-state index in [0.29, 0.717) is 12.2 Å². The normalized spacial score (nSPS) is 10.5. The first-order valence-corrected chi connectivity index (χ1v) is 6.40. The van der Waals surface area contributed by atoms with Crippen molar-refractivity contribution >= 4 is 17.0 Å². The fraction of sp³-hybridized carbons (Fsp3) is 0.308. The maximum atomic E-state index is 13.3. The van der Waals surface area contributed by atoms with Crippen molar-refractivity contribution in [1.29, 1.82) is 0 Å². The number of aromatic nitrogens is 1. The Morgan fingerprint density at radius 2 is 2.06 bits per heavy atom. The standard InChI is InChI=1S/C13H15FN2S/c1-9-10(2)17-13(16-9)7-8-15-12-6-4-3-5-11(12)14/h3-6,15H,7-8H2,1-2H3. The number of aryl methyl sites for hydroxylation is 2. The van der Waals surface area contributed by atoms with E-state index in [-0.39, 0.29) is 5.82 Å². The van der Waals surface area contributed by atoms with Gasteiger partial charge in [-0.3, -0.25) is 0 Å². The van der Waals surface area contributed by atoms with Crippen LogP contribution < -0.4 is 5.32 Å². The van der Waals surface area contributed by atoms with E-state index in [9.17, 15) is 4.39 Å². The Balaban J connectivity index is 1.90. The average Bonchev–Trinajstić information content (AvgIpc) is 2.61. The number of hydrogen-bond donors (Lipinski definition) is 1. The van der Waals surface area contributed by atoms with Crippen molar-refractivity contribution in [1.82, 2.24) is 4.98 Å². The van der Waals surface area contributed by atoms with E-state index in [4.69, 9.17) is 0 Å². The first-order valence-electron chi connectivity index (χ1n) is 5.58. The third kappa shape index (κ3) is 3.03. The molecule has 0 atom stereocenters. The highest BCUT2D eigenvalue weighted by atomic mass is 32.1. The van der Waals surface area contributed by atoms with Gasteiger partial charge in [-0.25, -0.2) is 9.37 Å². The number of benzene rings is 1. The fourth-order valence-corrected chi connectivity index (χ4v) is 2.49. The molecule has 0 aliphatic carbocycles. The minimum atomic E-state index is -0.209. The van der Waals surface area contributed by atoms with Crippen LogP contribution in [0.25, 0.3) is 0 Å². The van der Waals surface area contributed by atoms with Crippen molar-refractivity contribution in [2.75, 3.05) is 11.9 Å². The van der Waals surface area contributed by atoms with Crippen LogP contribution in [0.3, 0.4) is 0 Å². The maximum Gasteiger partial charge on any atom is 0.146 e. The zero-order valence-electron chi connectivity index (χ0n) is 9.96. The van der Waals surface area contributed by atoms with Gasteiger partial charge >= 0.3 is 0 Å². The molecule has 1 N–H and O–H groups in total. The van der Waals surface area contributed by atoms with Crippen molar-refractivity contribution in [2.45, 2.75) is 20.3 Å². The molecule has 2 aromatic rings. The molecule has 0 aliphatic rings. The summed E-state index contributed by atoms with van der Waals surface area (Å²) in [6.07, 6.45) is 0.827. The predicted octanol–water partition coefficient (Wildman–Crippen LogP) is 3.55. The van der Waals surface area contributed by atoms with Gasteiger partial charge in [0.05, 0.1) is 16.4 Å². The summed E-state index contributed by atoms with van der Waals surface area (Å²) in [5.74, 6) is -0.209. The summed E-state index contributed by atoms with van der Waals surface area (Å²) in [6.45, 7) is 4.79. The molecule has 0 spiro atoms. The Kier molecular flexibility index (Phi) is 3.74. The molecular weight excluding hydrogens is 235 g/mol. The fourth-order valence-electron chi connectivity index (χ4n) is 1.55. The highest BCUT2D eigenvalue weighted by Gasteiger charge is 2.04. The van der Waals surface area contributed by atoms with Gasteiger partial charge in [-0.1, -0.05) is 12.1 Å². The Labute approximate surface area is 105 Å². The van der Waals surface area contributed by atoms with E-state index < -0.39 is 0 Å². The van der Waals surface area contributed by atoms with Gasteiger partial charge in [-0.05, 0) is 26.0 Å². The number of para-hydroxylation sites is 1. The topological polar surface area (TPSA) is 24.9 Å². The molecule has 0 fully saturated rings. The van der Waals surface area contributed by atoms with Gasteiger partial charge < -0.3 is 5.32 Å². The average molecular weight is 250 g/mol. The molecule has 1 aromatic carbocycles. The summed E-state index contributed by atoms with van der Waals surface area (Å²) >= 11 is 1.71. The quantitative estimate of drug-likeness (QED) is 0.897. The molecule has 1 aromatic heterocycles. The SMILES string of the molecule is Cc1nc(CCNc2ccccc2F)sc1C. The third-order valence-electron chi connectivity index (χ3n) is 2.60. The van der Waals surface area contributed by atoms with Gasteiger partial charge in [-0.2, -0.15) is 0 Å². The van der Waals surface area contributed by atoms with Crippen LogP contribution in [0.5, 0.6) is 0 Å². The second-order valence-electron chi connectivity index (χ2n) is 3.91. The lowest BCUT2D eigenvalue weighted by molar-refractivity contribution is 0.630. The Morgan fingerprint density at radius 1 is 1.29 bits per heavy atom. The third-order valence-corrected chi connectivity index (χ3v) is 3.73. The summed E-state index contributed by atoms with van der Waals surface area (Å²) in [5, 5.41) is 4.18. The summed E-state index contributed by atoms with van der Waals surface area (Å²) in [5.41, 5.74) is 1.65. The summed E-state index contributed by atoms with van der Waals surface area (Å²) < 4.78 is 13.3. The maximum absolute atomic E-state index is 13.3. The number of rotatable bonds is 4. The molecular formula is C13H15FN2S. The Hall–Kier alpha value is -1.42. The number of hydrogen-bond acceptors (Lipinski definition) is 3. The van der Waals surface area contributed by atoms with E-state index in [1.54, 1.807) is 23.5 Å². The highest BCUT2D eigenvalue weighted by molar-refractivity contribution is 7.11. The highest BCUT2D eigenvalue weighted by Crippen LogP contribution is 2.17. The first-order chi connectivity index (χ1) is 8.16. The molecule has 2 rings (SSSR count). The van der Waals surface area contributed by atoms with Crippen LogP contribution in [-0.4, -0.2) is 11.5 Å². The Bertz CT molecular complexity index is 488. The largest absolute Gasteiger partial charge is 0.382 e. The summed E-state index contributed by atoms with van der Waals surface area (Å²) in [7, 11) is 0. The van der Waals surface area contributed by atoms with Crippen LogP contribution in [0, 0.1) is 19.7 Å². The molecule has 1 heterocycles. The minimum absolute atomic E-state index is 0.209. The smallest absolute Gasteiger partial charge is 0.146 e. The van der Waals surface area contributed by atoms with E-state index in [1.165, 1.54) is 10.9 Å². The van der Waals surface area contributed by atoms with Gasteiger partial charge in [0, 0.05) is 17.8 Å². The van der Waals surface area contributed by atoms with Crippen LogP contribution in [0.15, 0.2) is 24.3 Å². The number of anilines is 1. The van der Waals surface area contributed by atoms with E-state index in [1.807, 2.05) is 13.0 Å². The minimum Gasteiger partial charge on any atom is -0.382 e. The lowest BCUT2D eigenvalue weighted by Gasteiger charge is -2.05. The second kappa shape index (κ2) is 5.27. The van der Waals surface area contributed by atoms with E-state index >= 15 is 0 Å². The zero-order valence-corrected chi connectivity index (χ0v) is 10.8. The van der Waals surface area contributed by atoms with Crippen LogP contribution in [-0.2, 0) is 6.42 Å². The van der Waals surface area contributed by atoms with Crippen molar-refractivity contribution < 1.29 is 4.39 Å². The van der Waals surface area contributed by atoms with Crippen molar-refractivity contribution in [3.63, 3.8) is 0 Å². The van der Waals surface area contributed by atoms with Gasteiger partial charge in [-0.15, -0.1) is 11.3 Å². The monoisotopic (exact) mass is 250 g/mol. The van der Waals surface area contributed by atoms with Crippen LogP contribution in [0.1, 0.15) is 15.6 Å². The molecule has 4 heteroatoms. The molecule has 0 aliphatic heterocycles. The van der Waals surface area contributed by atoms with E-state index in [0.717, 1.165) is 17.1 Å². The second-order valence-corrected chi connectivity index (χ2v) is 5.19. The molecule has 0 radical (unpaired) electrons. The molecule has 17 heavy (non-hydrogen) atoms. The number of nitrogens with one attached hydrogen (secondary N) is 1. The zero-order chi connectivity index (χ0) is 12.3. The van der Waals surface area contributed by atoms with Gasteiger partial charge in [0.25, 0.3) is 0 Å². The molecule has 0 unspecified atom stereocenters. The number of thiazole rings is 1. The Morgan fingerprint density at radius 3 is 2.71 bits per heavy atom. The van der Waals surface area contributed by atoms with Crippen molar-refractivity contribution in [2.24, 2.45) is 0 Å². The first kappa shape index (κ1) is 12.0. The van der Waals surface area contributed by atoms with Gasteiger partial charge in [0.2, 0.25) is 0 Å². The van der Waals surface area contributed by atoms with Gasteiger partial charge in [0.1, 0.15) is 5.82 Å². The molecule has 0 saturated heterocycles. The predicted molar refractivity (Wildman–Crippen MR) is 70.2 cm³/mol. The van der Waals surface area contributed by atoms with E-state index in [2.05, 4.69) is 17.2 Å². The van der Waals surface area contributed by atoms with Crippen LogP contribution in [0.2, 0.25) is 0 Å². The van der Waals surface area contributed by atoms with Crippen molar-refractivity contribution in [3.8, 4) is 0 Å². The lowest BCUT2D eigenvalue weighted by Crippen LogP contribution is -2.05. The molecule has 0 amide bonds. The molecule has 0 bridgehead atoms. The summed E-state index contributed by atoms with van der Waals surface area (Å²) in [6, 6.07) is 6.71. The summed E-state index contributed by atoms with van der Waals surface area (Å²) in [4.78, 5) is 5.70. The number of halogens is 1. The van der Waals surface area contributed by atoms with Crippen LogP contribution in [0.4, 0.5) is 10.1 Å².